The molecule has 0 amide bonds. The molecule has 2 aromatic carbocycles. The first-order valence-corrected chi connectivity index (χ1v) is 7.92. The Labute approximate surface area is 131 Å². The second kappa shape index (κ2) is 6.61. The van der Waals surface area contributed by atoms with E-state index in [0.29, 0.717) is 0 Å². The molecule has 1 fully saturated rings. The van der Waals surface area contributed by atoms with Crippen molar-refractivity contribution in [1.82, 2.24) is 4.90 Å². The van der Waals surface area contributed by atoms with E-state index in [4.69, 9.17) is 17.3 Å². The monoisotopic (exact) mass is 300 g/mol. The second-order valence-corrected chi connectivity index (χ2v) is 6.19. The molecule has 3 rings (SSSR count). The fraction of sp³-hybridized carbons (Fsp3) is 0.333. The molecule has 1 aliphatic heterocycles. The number of halogens is 1. The molecule has 0 unspecified atom stereocenters. The molecule has 3 heteroatoms. The van der Waals surface area contributed by atoms with Gasteiger partial charge in [0.15, 0.2) is 0 Å². The Hall–Kier alpha value is -1.35. The lowest BCUT2D eigenvalue weighted by Gasteiger charge is -2.16. The van der Waals surface area contributed by atoms with Crippen LogP contribution in [0.3, 0.4) is 0 Å². The smallest absolute Gasteiger partial charge is 0.0551 e. The van der Waals surface area contributed by atoms with Crippen LogP contribution in [0, 0.1) is 0 Å². The third-order valence-corrected chi connectivity index (χ3v) is 4.42. The van der Waals surface area contributed by atoms with Gasteiger partial charge in [0, 0.05) is 11.6 Å². The van der Waals surface area contributed by atoms with Gasteiger partial charge in [-0.25, -0.2) is 0 Å². The summed E-state index contributed by atoms with van der Waals surface area (Å²) in [6.07, 6.45) is 2.67. The summed E-state index contributed by atoms with van der Waals surface area (Å²) < 4.78 is 0. The van der Waals surface area contributed by atoms with Crippen molar-refractivity contribution >= 4 is 11.6 Å². The molecule has 0 aromatic heterocycles. The molecule has 1 aliphatic rings. The van der Waals surface area contributed by atoms with E-state index < -0.39 is 0 Å². The van der Waals surface area contributed by atoms with Gasteiger partial charge in [-0.2, -0.15) is 0 Å². The first-order valence-electron chi connectivity index (χ1n) is 7.54. The minimum Gasteiger partial charge on any atom is -0.320 e. The SMILES string of the molecule is N[C@H](c1ccc(Cl)cc1)c1ccc(CN2CCCC2)cc1. The van der Waals surface area contributed by atoms with E-state index in [1.165, 1.54) is 31.5 Å². The predicted molar refractivity (Wildman–Crippen MR) is 88.4 cm³/mol. The maximum Gasteiger partial charge on any atom is 0.0551 e. The number of nitrogens with zero attached hydrogens (tertiary/aromatic N) is 1. The maximum absolute atomic E-state index is 6.33. The molecule has 0 saturated carbocycles. The lowest BCUT2D eigenvalue weighted by Crippen LogP contribution is -2.18. The molecule has 110 valence electrons. The molecule has 0 aliphatic carbocycles. The Morgan fingerprint density at radius 3 is 2.00 bits per heavy atom. The van der Waals surface area contributed by atoms with Crippen molar-refractivity contribution in [1.29, 1.82) is 0 Å². The van der Waals surface area contributed by atoms with Crippen molar-refractivity contribution in [3.05, 3.63) is 70.2 Å². The van der Waals surface area contributed by atoms with Crippen LogP contribution in [-0.2, 0) is 6.54 Å². The largest absolute Gasteiger partial charge is 0.320 e. The molecule has 1 atom stereocenters. The molecule has 0 bridgehead atoms. The van der Waals surface area contributed by atoms with Gasteiger partial charge in [-0.1, -0.05) is 48.0 Å². The third kappa shape index (κ3) is 3.65. The number of hydrogen-bond acceptors (Lipinski definition) is 2. The third-order valence-electron chi connectivity index (χ3n) is 4.17. The highest BCUT2D eigenvalue weighted by Crippen LogP contribution is 2.22. The molecule has 1 heterocycles. The Morgan fingerprint density at radius 1 is 0.905 bits per heavy atom. The van der Waals surface area contributed by atoms with E-state index in [2.05, 4.69) is 29.2 Å². The van der Waals surface area contributed by atoms with Crippen LogP contribution in [0.25, 0.3) is 0 Å². The first kappa shape index (κ1) is 14.6. The topological polar surface area (TPSA) is 29.3 Å². The summed E-state index contributed by atoms with van der Waals surface area (Å²) in [5, 5.41) is 0.743. The Balaban J connectivity index is 1.69. The molecule has 0 radical (unpaired) electrons. The minimum absolute atomic E-state index is 0.0943. The summed E-state index contributed by atoms with van der Waals surface area (Å²) in [6.45, 7) is 3.51. The van der Waals surface area contributed by atoms with Crippen LogP contribution in [0.2, 0.25) is 5.02 Å². The van der Waals surface area contributed by atoms with E-state index in [-0.39, 0.29) is 6.04 Å². The molecule has 21 heavy (non-hydrogen) atoms. The summed E-state index contributed by atoms with van der Waals surface area (Å²) >= 11 is 5.92. The van der Waals surface area contributed by atoms with E-state index in [1.54, 1.807) is 0 Å². The van der Waals surface area contributed by atoms with Gasteiger partial charge in [0.2, 0.25) is 0 Å². The summed E-state index contributed by atoms with van der Waals surface area (Å²) in [6, 6.07) is 16.3. The number of nitrogens with two attached hydrogens (primary N) is 1. The van der Waals surface area contributed by atoms with E-state index in [0.717, 1.165) is 22.7 Å². The average Bonchev–Trinajstić information content (AvgIpc) is 3.01. The van der Waals surface area contributed by atoms with Gasteiger partial charge in [0.25, 0.3) is 0 Å². The highest BCUT2D eigenvalue weighted by molar-refractivity contribution is 6.30. The summed E-state index contributed by atoms with van der Waals surface area (Å²) in [5.41, 5.74) is 9.92. The van der Waals surface area contributed by atoms with E-state index in [1.807, 2.05) is 24.3 Å². The second-order valence-electron chi connectivity index (χ2n) is 5.75. The fourth-order valence-electron chi connectivity index (χ4n) is 2.89. The van der Waals surface area contributed by atoms with Crippen LogP contribution in [0.1, 0.15) is 35.6 Å². The van der Waals surface area contributed by atoms with Gasteiger partial charge in [0.05, 0.1) is 6.04 Å². The normalized spacial score (nSPS) is 17.0. The van der Waals surface area contributed by atoms with E-state index >= 15 is 0 Å². The summed E-state index contributed by atoms with van der Waals surface area (Å²) in [7, 11) is 0. The highest BCUT2D eigenvalue weighted by atomic mass is 35.5. The number of benzene rings is 2. The predicted octanol–water partition coefficient (Wildman–Crippen LogP) is 3.98. The molecule has 1 saturated heterocycles. The van der Waals surface area contributed by atoms with Crippen molar-refractivity contribution in [2.75, 3.05) is 13.1 Å². The molecular formula is C18H21ClN2. The van der Waals surface area contributed by atoms with Crippen molar-refractivity contribution in [2.45, 2.75) is 25.4 Å². The molecule has 2 N–H and O–H groups in total. The van der Waals surface area contributed by atoms with Crippen molar-refractivity contribution in [3.63, 3.8) is 0 Å². The van der Waals surface area contributed by atoms with Gasteiger partial charge in [-0.3, -0.25) is 4.90 Å². The fourth-order valence-corrected chi connectivity index (χ4v) is 3.02. The van der Waals surface area contributed by atoms with Gasteiger partial charge in [-0.05, 0) is 54.8 Å². The van der Waals surface area contributed by atoms with Gasteiger partial charge in [-0.15, -0.1) is 0 Å². The summed E-state index contributed by atoms with van der Waals surface area (Å²) in [4.78, 5) is 2.51. The molecule has 2 aromatic rings. The molecular weight excluding hydrogens is 280 g/mol. The Morgan fingerprint density at radius 2 is 1.43 bits per heavy atom. The minimum atomic E-state index is -0.0943. The standard InChI is InChI=1S/C18H21ClN2/c19-17-9-7-16(8-10-17)18(20)15-5-3-14(4-6-15)13-21-11-1-2-12-21/h3-10,18H,1-2,11-13,20H2/t18-/m0/s1. The zero-order valence-electron chi connectivity index (χ0n) is 12.1. The Kier molecular flexibility index (Phi) is 4.59. The van der Waals surface area contributed by atoms with Crippen LogP contribution < -0.4 is 5.73 Å². The van der Waals surface area contributed by atoms with Crippen molar-refractivity contribution < 1.29 is 0 Å². The van der Waals surface area contributed by atoms with Gasteiger partial charge in [0.1, 0.15) is 0 Å². The lowest BCUT2D eigenvalue weighted by atomic mass is 9.98. The number of rotatable bonds is 4. The van der Waals surface area contributed by atoms with Crippen LogP contribution in [-0.4, -0.2) is 18.0 Å². The zero-order valence-corrected chi connectivity index (χ0v) is 12.9. The first-order chi connectivity index (χ1) is 10.2. The van der Waals surface area contributed by atoms with Gasteiger partial charge >= 0.3 is 0 Å². The zero-order chi connectivity index (χ0) is 14.7. The maximum atomic E-state index is 6.33. The average molecular weight is 301 g/mol. The number of hydrogen-bond donors (Lipinski definition) is 1. The van der Waals surface area contributed by atoms with Crippen LogP contribution in [0.4, 0.5) is 0 Å². The Bertz CT molecular complexity index is 571. The lowest BCUT2D eigenvalue weighted by molar-refractivity contribution is 0.331. The quantitative estimate of drug-likeness (QED) is 0.925. The van der Waals surface area contributed by atoms with Crippen molar-refractivity contribution in [3.8, 4) is 0 Å². The van der Waals surface area contributed by atoms with E-state index in [9.17, 15) is 0 Å². The highest BCUT2D eigenvalue weighted by Gasteiger charge is 2.12. The van der Waals surface area contributed by atoms with Crippen LogP contribution >= 0.6 is 11.6 Å². The van der Waals surface area contributed by atoms with Crippen LogP contribution in [0.5, 0.6) is 0 Å². The molecule has 0 spiro atoms. The van der Waals surface area contributed by atoms with Crippen LogP contribution in [0.15, 0.2) is 48.5 Å². The number of likely N-dealkylation sites (tertiary alicyclic amines) is 1. The molecule has 2 nitrogen and oxygen atoms in total. The van der Waals surface area contributed by atoms with Gasteiger partial charge < -0.3 is 5.73 Å². The van der Waals surface area contributed by atoms with Crippen molar-refractivity contribution in [2.24, 2.45) is 5.73 Å². The summed E-state index contributed by atoms with van der Waals surface area (Å²) in [5.74, 6) is 0.